The van der Waals surface area contributed by atoms with E-state index in [0.29, 0.717) is 31.4 Å². The molecule has 1 fully saturated rings. The molecular formula is C22H26N4O3S. The molecule has 2 aromatic heterocycles. The Kier molecular flexibility index (Phi) is 6.76. The van der Waals surface area contributed by atoms with Crippen molar-refractivity contribution >= 4 is 17.2 Å². The number of piperidine rings is 1. The molecule has 30 heavy (non-hydrogen) atoms. The zero-order valence-electron chi connectivity index (χ0n) is 17.0. The van der Waals surface area contributed by atoms with E-state index < -0.39 is 0 Å². The van der Waals surface area contributed by atoms with E-state index in [-0.39, 0.29) is 17.9 Å². The fourth-order valence-corrected chi connectivity index (χ4v) is 4.22. The minimum Gasteiger partial charge on any atom is -0.491 e. The van der Waals surface area contributed by atoms with Crippen molar-refractivity contribution in [1.82, 2.24) is 20.4 Å². The first-order valence-corrected chi connectivity index (χ1v) is 11.1. The Morgan fingerprint density at radius 3 is 3.00 bits per heavy atom. The van der Waals surface area contributed by atoms with Crippen LogP contribution < -0.4 is 10.1 Å². The SMILES string of the molecule is CC(COc1ccccc1)NC(=O)C1CCCN(Cc2nc(-c3cccs3)no2)C1. The van der Waals surface area contributed by atoms with Crippen molar-refractivity contribution in [3.63, 3.8) is 0 Å². The molecule has 0 saturated carbocycles. The highest BCUT2D eigenvalue weighted by molar-refractivity contribution is 7.13. The number of thiophene rings is 1. The molecule has 0 aliphatic carbocycles. The summed E-state index contributed by atoms with van der Waals surface area (Å²) in [5, 5.41) is 9.15. The number of ether oxygens (including phenoxy) is 1. The van der Waals surface area contributed by atoms with E-state index in [0.717, 1.165) is 30.0 Å². The maximum atomic E-state index is 12.7. The number of hydrogen-bond donors (Lipinski definition) is 1. The van der Waals surface area contributed by atoms with Gasteiger partial charge in [0.25, 0.3) is 0 Å². The Labute approximate surface area is 180 Å². The Bertz CT molecular complexity index is 929. The highest BCUT2D eigenvalue weighted by Crippen LogP contribution is 2.23. The maximum absolute atomic E-state index is 12.7. The minimum atomic E-state index is -0.0580. The van der Waals surface area contributed by atoms with Gasteiger partial charge in [-0.15, -0.1) is 11.3 Å². The fraction of sp³-hybridized carbons (Fsp3) is 0.409. The molecule has 2 unspecified atom stereocenters. The largest absolute Gasteiger partial charge is 0.491 e. The Hall–Kier alpha value is -2.71. The molecule has 3 heterocycles. The number of hydrogen-bond acceptors (Lipinski definition) is 7. The van der Waals surface area contributed by atoms with Crippen LogP contribution in [0.4, 0.5) is 0 Å². The van der Waals surface area contributed by atoms with Gasteiger partial charge in [0, 0.05) is 6.54 Å². The summed E-state index contributed by atoms with van der Waals surface area (Å²) in [6.45, 7) is 4.59. The topological polar surface area (TPSA) is 80.5 Å². The van der Waals surface area contributed by atoms with Crippen LogP contribution in [-0.4, -0.2) is 46.7 Å². The normalized spacial score (nSPS) is 18.1. The van der Waals surface area contributed by atoms with E-state index in [4.69, 9.17) is 9.26 Å². The number of para-hydroxylation sites is 1. The number of carbonyl (C=O) groups excluding carboxylic acids is 1. The lowest BCUT2D eigenvalue weighted by atomic mass is 9.97. The Morgan fingerprint density at radius 1 is 1.33 bits per heavy atom. The molecule has 0 spiro atoms. The van der Waals surface area contributed by atoms with Crippen LogP contribution in [0.25, 0.3) is 10.7 Å². The van der Waals surface area contributed by atoms with Gasteiger partial charge in [0.1, 0.15) is 12.4 Å². The number of aromatic nitrogens is 2. The molecule has 1 amide bonds. The molecule has 1 aliphatic rings. The standard InChI is InChI=1S/C22H26N4O3S/c1-16(15-28-18-8-3-2-4-9-18)23-22(27)17-7-5-11-26(13-17)14-20-24-21(25-29-20)19-10-6-12-30-19/h2-4,6,8-10,12,16-17H,5,7,11,13-15H2,1H3,(H,23,27). The number of nitrogens with one attached hydrogen (secondary N) is 1. The third-order valence-electron chi connectivity index (χ3n) is 5.08. The third-order valence-corrected chi connectivity index (χ3v) is 5.94. The first-order chi connectivity index (χ1) is 14.7. The predicted molar refractivity (Wildman–Crippen MR) is 115 cm³/mol. The number of rotatable bonds is 8. The highest BCUT2D eigenvalue weighted by atomic mass is 32.1. The summed E-state index contributed by atoms with van der Waals surface area (Å²) < 4.78 is 11.1. The van der Waals surface area contributed by atoms with Crippen LogP contribution in [0.1, 0.15) is 25.7 Å². The van der Waals surface area contributed by atoms with Crippen molar-refractivity contribution in [3.8, 4) is 16.5 Å². The smallest absolute Gasteiger partial charge is 0.241 e. The van der Waals surface area contributed by atoms with Gasteiger partial charge in [-0.3, -0.25) is 9.69 Å². The fourth-order valence-electron chi connectivity index (χ4n) is 3.57. The Morgan fingerprint density at radius 2 is 2.20 bits per heavy atom. The van der Waals surface area contributed by atoms with Gasteiger partial charge in [0.05, 0.1) is 23.4 Å². The molecule has 1 aliphatic heterocycles. The van der Waals surface area contributed by atoms with Gasteiger partial charge in [-0.25, -0.2) is 0 Å². The number of likely N-dealkylation sites (tertiary alicyclic amines) is 1. The van der Waals surface area contributed by atoms with Gasteiger partial charge >= 0.3 is 0 Å². The molecule has 1 aromatic carbocycles. The molecule has 1 saturated heterocycles. The lowest BCUT2D eigenvalue weighted by Gasteiger charge is -2.31. The molecule has 8 heteroatoms. The zero-order chi connectivity index (χ0) is 20.8. The van der Waals surface area contributed by atoms with Crippen molar-refractivity contribution < 1.29 is 14.1 Å². The molecule has 0 radical (unpaired) electrons. The quantitative estimate of drug-likeness (QED) is 0.593. The summed E-state index contributed by atoms with van der Waals surface area (Å²) in [6.07, 6.45) is 1.86. The van der Waals surface area contributed by atoms with Gasteiger partial charge in [0.2, 0.25) is 17.6 Å². The molecule has 7 nitrogen and oxygen atoms in total. The van der Waals surface area contributed by atoms with Gasteiger partial charge in [-0.2, -0.15) is 4.98 Å². The van der Waals surface area contributed by atoms with Crippen LogP contribution in [0.2, 0.25) is 0 Å². The minimum absolute atomic E-state index is 0.0439. The van der Waals surface area contributed by atoms with Crippen molar-refractivity contribution in [2.45, 2.75) is 32.4 Å². The monoisotopic (exact) mass is 426 g/mol. The first kappa shape index (κ1) is 20.6. The number of nitrogens with zero attached hydrogens (tertiary/aromatic N) is 3. The van der Waals surface area contributed by atoms with Crippen LogP contribution in [0.15, 0.2) is 52.4 Å². The number of amides is 1. The van der Waals surface area contributed by atoms with Gasteiger partial charge in [-0.05, 0) is 49.9 Å². The third kappa shape index (κ3) is 5.46. The van der Waals surface area contributed by atoms with Crippen molar-refractivity contribution in [3.05, 3.63) is 53.7 Å². The predicted octanol–water partition coefficient (Wildman–Crippen LogP) is 3.59. The number of carbonyl (C=O) groups is 1. The van der Waals surface area contributed by atoms with Gasteiger partial charge in [0.15, 0.2) is 0 Å². The van der Waals surface area contributed by atoms with Crippen LogP contribution in [0, 0.1) is 5.92 Å². The molecule has 3 aromatic rings. The van der Waals surface area contributed by atoms with Crippen molar-refractivity contribution in [1.29, 1.82) is 0 Å². The average molecular weight is 427 g/mol. The second-order valence-electron chi connectivity index (χ2n) is 7.60. The molecule has 158 valence electrons. The maximum Gasteiger partial charge on any atom is 0.241 e. The summed E-state index contributed by atoms with van der Waals surface area (Å²) in [6, 6.07) is 13.5. The molecule has 2 atom stereocenters. The van der Waals surface area contributed by atoms with E-state index in [1.165, 1.54) is 0 Å². The van der Waals surface area contributed by atoms with E-state index in [9.17, 15) is 4.79 Å². The van der Waals surface area contributed by atoms with E-state index in [1.807, 2.05) is 54.8 Å². The highest BCUT2D eigenvalue weighted by Gasteiger charge is 2.27. The van der Waals surface area contributed by atoms with Gasteiger partial charge < -0.3 is 14.6 Å². The molecule has 0 bridgehead atoms. The molecule has 1 N–H and O–H groups in total. The van der Waals surface area contributed by atoms with E-state index in [2.05, 4.69) is 20.4 Å². The zero-order valence-corrected chi connectivity index (χ0v) is 17.8. The van der Waals surface area contributed by atoms with Crippen molar-refractivity contribution in [2.75, 3.05) is 19.7 Å². The van der Waals surface area contributed by atoms with E-state index in [1.54, 1.807) is 11.3 Å². The summed E-state index contributed by atoms with van der Waals surface area (Å²) in [7, 11) is 0. The van der Waals surface area contributed by atoms with Gasteiger partial charge in [-0.1, -0.05) is 29.4 Å². The first-order valence-electron chi connectivity index (χ1n) is 10.2. The number of benzene rings is 1. The Balaban J connectivity index is 1.25. The van der Waals surface area contributed by atoms with Crippen molar-refractivity contribution in [2.24, 2.45) is 5.92 Å². The van der Waals surface area contributed by atoms with Crippen LogP contribution in [0.3, 0.4) is 0 Å². The van der Waals surface area contributed by atoms with Crippen LogP contribution in [0.5, 0.6) is 5.75 Å². The molecule has 4 rings (SSSR count). The second kappa shape index (κ2) is 9.86. The summed E-state index contributed by atoms with van der Waals surface area (Å²) >= 11 is 1.59. The van der Waals surface area contributed by atoms with E-state index >= 15 is 0 Å². The van der Waals surface area contributed by atoms with Crippen LogP contribution >= 0.6 is 11.3 Å². The second-order valence-corrected chi connectivity index (χ2v) is 8.54. The summed E-state index contributed by atoms with van der Waals surface area (Å²) in [4.78, 5) is 20.4. The lowest BCUT2D eigenvalue weighted by molar-refractivity contribution is -0.127. The lowest BCUT2D eigenvalue weighted by Crippen LogP contribution is -2.46. The summed E-state index contributed by atoms with van der Waals surface area (Å²) in [5.74, 6) is 2.05. The van der Waals surface area contributed by atoms with Crippen LogP contribution in [-0.2, 0) is 11.3 Å². The average Bonchev–Trinajstić information content (AvgIpc) is 3.45. The summed E-state index contributed by atoms with van der Waals surface area (Å²) in [5.41, 5.74) is 0. The molecular weight excluding hydrogens is 400 g/mol.